The summed E-state index contributed by atoms with van der Waals surface area (Å²) in [5.74, 6) is 0. The highest BCUT2D eigenvalue weighted by Gasteiger charge is 2.40. The largest absolute Gasteiger partial charge is 0.384 e. The summed E-state index contributed by atoms with van der Waals surface area (Å²) in [6.07, 6.45) is 2.54. The lowest BCUT2D eigenvalue weighted by atomic mass is 10.1. The van der Waals surface area contributed by atoms with Crippen molar-refractivity contribution in [2.45, 2.75) is 12.8 Å². The summed E-state index contributed by atoms with van der Waals surface area (Å²) in [4.78, 5) is 0. The van der Waals surface area contributed by atoms with Crippen LogP contribution < -0.4 is 11.1 Å². The molecule has 0 bridgehead atoms. The first-order chi connectivity index (χ1) is 6.74. The summed E-state index contributed by atoms with van der Waals surface area (Å²) in [6, 6.07) is 8.25. The summed E-state index contributed by atoms with van der Waals surface area (Å²) < 4.78 is 1.11. The van der Waals surface area contributed by atoms with Gasteiger partial charge in [0.1, 0.15) is 0 Å². The van der Waals surface area contributed by atoms with E-state index < -0.39 is 0 Å². The Morgan fingerprint density at radius 3 is 2.43 bits per heavy atom. The fraction of sp³-hybridized carbons (Fsp3) is 0.455. The third kappa shape index (κ3) is 2.28. The van der Waals surface area contributed by atoms with Crippen LogP contribution in [0.4, 0.5) is 5.69 Å². The van der Waals surface area contributed by atoms with Gasteiger partial charge in [0, 0.05) is 16.7 Å². The van der Waals surface area contributed by atoms with Crippen LogP contribution in [-0.4, -0.2) is 13.1 Å². The van der Waals surface area contributed by atoms with Crippen LogP contribution in [0, 0.1) is 5.41 Å². The molecule has 2 rings (SSSR count). The molecule has 1 aromatic carbocycles. The third-order valence-corrected chi connectivity index (χ3v) is 3.43. The molecule has 0 aromatic heterocycles. The number of nitrogens with two attached hydrogens (primary N) is 1. The highest BCUT2D eigenvalue weighted by Crippen LogP contribution is 2.44. The molecule has 0 aliphatic heterocycles. The van der Waals surface area contributed by atoms with Crippen molar-refractivity contribution in [1.82, 2.24) is 0 Å². The third-order valence-electron chi connectivity index (χ3n) is 2.90. The Morgan fingerprint density at radius 2 is 1.93 bits per heavy atom. The molecule has 1 aromatic rings. The van der Waals surface area contributed by atoms with E-state index in [0.29, 0.717) is 5.41 Å². The van der Waals surface area contributed by atoms with E-state index >= 15 is 0 Å². The quantitative estimate of drug-likeness (QED) is 0.867. The minimum absolute atomic E-state index is 0.396. The molecule has 14 heavy (non-hydrogen) atoms. The van der Waals surface area contributed by atoms with Crippen molar-refractivity contribution in [1.29, 1.82) is 0 Å². The minimum atomic E-state index is 0.396. The average Bonchev–Trinajstić information content (AvgIpc) is 2.98. The smallest absolute Gasteiger partial charge is 0.0341 e. The zero-order valence-electron chi connectivity index (χ0n) is 8.09. The lowest BCUT2D eigenvalue weighted by molar-refractivity contribution is 0.556. The van der Waals surface area contributed by atoms with Gasteiger partial charge in [-0.05, 0) is 49.1 Å². The van der Waals surface area contributed by atoms with Gasteiger partial charge in [-0.15, -0.1) is 0 Å². The monoisotopic (exact) mass is 254 g/mol. The second-order valence-corrected chi connectivity index (χ2v) is 4.98. The Kier molecular flexibility index (Phi) is 2.79. The van der Waals surface area contributed by atoms with Gasteiger partial charge in [-0.1, -0.05) is 15.9 Å². The molecule has 3 heteroatoms. The van der Waals surface area contributed by atoms with Crippen LogP contribution in [0.5, 0.6) is 0 Å². The van der Waals surface area contributed by atoms with Crippen molar-refractivity contribution in [3.05, 3.63) is 28.7 Å². The number of nitrogens with one attached hydrogen (secondary N) is 1. The first-order valence-corrected chi connectivity index (χ1v) is 5.73. The van der Waals surface area contributed by atoms with Gasteiger partial charge in [0.2, 0.25) is 0 Å². The first-order valence-electron chi connectivity index (χ1n) is 4.94. The zero-order chi connectivity index (χ0) is 10.0. The van der Waals surface area contributed by atoms with E-state index in [0.717, 1.165) is 17.6 Å². The van der Waals surface area contributed by atoms with Gasteiger partial charge in [-0.25, -0.2) is 0 Å². The first kappa shape index (κ1) is 9.99. The van der Waals surface area contributed by atoms with Crippen LogP contribution in [0.1, 0.15) is 12.8 Å². The van der Waals surface area contributed by atoms with Gasteiger partial charge in [-0.2, -0.15) is 0 Å². The number of hydrogen-bond donors (Lipinski definition) is 2. The van der Waals surface area contributed by atoms with Crippen molar-refractivity contribution in [3.8, 4) is 0 Å². The van der Waals surface area contributed by atoms with E-state index in [1.54, 1.807) is 0 Å². The van der Waals surface area contributed by atoms with Crippen molar-refractivity contribution in [3.63, 3.8) is 0 Å². The Balaban J connectivity index is 1.89. The van der Waals surface area contributed by atoms with Crippen molar-refractivity contribution < 1.29 is 0 Å². The summed E-state index contributed by atoms with van der Waals surface area (Å²) in [6.45, 7) is 1.81. The fourth-order valence-corrected chi connectivity index (χ4v) is 1.75. The molecule has 1 aliphatic rings. The Labute approximate surface area is 93.0 Å². The number of rotatable bonds is 4. The highest BCUT2D eigenvalue weighted by atomic mass is 79.9. The molecule has 1 saturated carbocycles. The molecule has 3 N–H and O–H groups in total. The van der Waals surface area contributed by atoms with Crippen LogP contribution >= 0.6 is 15.9 Å². The summed E-state index contributed by atoms with van der Waals surface area (Å²) in [7, 11) is 0. The standard InChI is InChI=1S/C11H15BrN2/c12-9-1-3-10(4-2-9)14-8-11(7-13)5-6-11/h1-4,14H,5-8,13H2. The van der Waals surface area contributed by atoms with Gasteiger partial charge in [0.25, 0.3) is 0 Å². The zero-order valence-corrected chi connectivity index (χ0v) is 9.68. The Bertz CT molecular complexity index is 304. The fourth-order valence-electron chi connectivity index (χ4n) is 1.49. The van der Waals surface area contributed by atoms with Crippen molar-refractivity contribution >= 4 is 21.6 Å². The normalized spacial score (nSPS) is 17.9. The van der Waals surface area contributed by atoms with Gasteiger partial charge in [0.05, 0.1) is 0 Å². The highest BCUT2D eigenvalue weighted by molar-refractivity contribution is 9.10. The van der Waals surface area contributed by atoms with Gasteiger partial charge in [0.15, 0.2) is 0 Å². The topological polar surface area (TPSA) is 38.0 Å². The predicted molar refractivity (Wildman–Crippen MR) is 63.4 cm³/mol. The molecule has 0 heterocycles. The van der Waals surface area contributed by atoms with Crippen LogP contribution in [0.15, 0.2) is 28.7 Å². The molecular formula is C11H15BrN2. The predicted octanol–water partition coefficient (Wildman–Crippen LogP) is 2.60. The number of anilines is 1. The van der Waals surface area contributed by atoms with Gasteiger partial charge >= 0.3 is 0 Å². The minimum Gasteiger partial charge on any atom is -0.384 e. The van der Waals surface area contributed by atoms with E-state index in [4.69, 9.17) is 5.73 Å². The summed E-state index contributed by atoms with van der Waals surface area (Å²) in [5, 5.41) is 3.42. The second kappa shape index (κ2) is 3.91. The lowest BCUT2D eigenvalue weighted by Crippen LogP contribution is -2.24. The summed E-state index contributed by atoms with van der Waals surface area (Å²) >= 11 is 3.41. The SMILES string of the molecule is NCC1(CNc2ccc(Br)cc2)CC1. The van der Waals surface area contributed by atoms with Crippen LogP contribution in [0.3, 0.4) is 0 Å². The molecule has 0 amide bonds. The van der Waals surface area contributed by atoms with E-state index in [9.17, 15) is 0 Å². The molecule has 2 nitrogen and oxygen atoms in total. The second-order valence-electron chi connectivity index (χ2n) is 4.06. The maximum absolute atomic E-state index is 5.71. The molecule has 0 unspecified atom stereocenters. The van der Waals surface area contributed by atoms with Crippen LogP contribution in [-0.2, 0) is 0 Å². The van der Waals surface area contributed by atoms with Crippen LogP contribution in [0.25, 0.3) is 0 Å². The van der Waals surface area contributed by atoms with E-state index in [1.807, 2.05) is 12.1 Å². The molecule has 1 aliphatic carbocycles. The number of benzene rings is 1. The Hall–Kier alpha value is -0.540. The van der Waals surface area contributed by atoms with Gasteiger partial charge in [-0.3, -0.25) is 0 Å². The number of halogens is 1. The molecule has 0 spiro atoms. The molecule has 0 saturated heterocycles. The van der Waals surface area contributed by atoms with E-state index in [2.05, 4.69) is 33.4 Å². The maximum Gasteiger partial charge on any atom is 0.0341 e. The van der Waals surface area contributed by atoms with E-state index in [1.165, 1.54) is 18.5 Å². The summed E-state index contributed by atoms with van der Waals surface area (Å²) in [5.41, 5.74) is 7.28. The molecule has 76 valence electrons. The molecule has 1 fully saturated rings. The van der Waals surface area contributed by atoms with Crippen molar-refractivity contribution in [2.24, 2.45) is 11.1 Å². The maximum atomic E-state index is 5.71. The molecular weight excluding hydrogens is 240 g/mol. The molecule has 0 radical (unpaired) electrons. The van der Waals surface area contributed by atoms with E-state index in [-0.39, 0.29) is 0 Å². The average molecular weight is 255 g/mol. The lowest BCUT2D eigenvalue weighted by Gasteiger charge is -2.14. The Morgan fingerprint density at radius 1 is 1.29 bits per heavy atom. The van der Waals surface area contributed by atoms with Gasteiger partial charge < -0.3 is 11.1 Å². The van der Waals surface area contributed by atoms with Crippen molar-refractivity contribution in [2.75, 3.05) is 18.4 Å². The molecule has 0 atom stereocenters. The van der Waals surface area contributed by atoms with Crippen LogP contribution in [0.2, 0.25) is 0 Å². The number of hydrogen-bond acceptors (Lipinski definition) is 2.